The molecule has 4 rings (SSSR count). The molecule has 32 heavy (non-hydrogen) atoms. The molecule has 0 bridgehead atoms. The molecule has 6 nitrogen and oxygen atoms in total. The van der Waals surface area contributed by atoms with E-state index in [2.05, 4.69) is 34.8 Å². The van der Waals surface area contributed by atoms with Crippen molar-refractivity contribution in [1.82, 2.24) is 5.43 Å². The van der Waals surface area contributed by atoms with Gasteiger partial charge in [-0.05, 0) is 70.4 Å². The van der Waals surface area contributed by atoms with Crippen LogP contribution in [0.25, 0.3) is 10.8 Å². The zero-order valence-electron chi connectivity index (χ0n) is 17.1. The molecule has 0 aromatic heterocycles. The number of nitrogens with one attached hydrogen (secondary N) is 1. The molecule has 1 amide bonds. The van der Waals surface area contributed by atoms with E-state index in [0.29, 0.717) is 12.2 Å². The Bertz CT molecular complexity index is 1270. The molecule has 0 aliphatic rings. The SMILES string of the molecule is O=C(O)c1ccc(C(=O)NN=Cc2ccc(OCc3cccc4ccccc34)cc2)cc1. The van der Waals surface area contributed by atoms with Gasteiger partial charge in [-0.2, -0.15) is 5.10 Å². The number of hydrazone groups is 1. The lowest BCUT2D eigenvalue weighted by molar-refractivity contribution is 0.0696. The highest BCUT2D eigenvalue weighted by Crippen LogP contribution is 2.21. The van der Waals surface area contributed by atoms with E-state index in [1.165, 1.54) is 41.3 Å². The van der Waals surface area contributed by atoms with Gasteiger partial charge in [0.2, 0.25) is 0 Å². The molecule has 0 heterocycles. The Hall–Kier alpha value is -4.45. The summed E-state index contributed by atoms with van der Waals surface area (Å²) in [6.07, 6.45) is 1.53. The van der Waals surface area contributed by atoms with Gasteiger partial charge in [0.05, 0.1) is 11.8 Å². The minimum atomic E-state index is -1.04. The third-order valence-corrected chi connectivity index (χ3v) is 4.93. The number of carbonyl (C=O) groups is 2. The zero-order chi connectivity index (χ0) is 22.3. The molecular weight excluding hydrogens is 404 g/mol. The van der Waals surface area contributed by atoms with Crippen molar-refractivity contribution >= 4 is 28.9 Å². The van der Waals surface area contributed by atoms with Gasteiger partial charge in [0.15, 0.2) is 0 Å². The van der Waals surface area contributed by atoms with E-state index in [-0.39, 0.29) is 5.56 Å². The monoisotopic (exact) mass is 424 g/mol. The zero-order valence-corrected chi connectivity index (χ0v) is 17.1. The molecule has 0 spiro atoms. The Kier molecular flexibility index (Phi) is 6.22. The van der Waals surface area contributed by atoms with Crippen molar-refractivity contribution in [3.8, 4) is 5.75 Å². The number of nitrogens with zero attached hydrogens (tertiary/aromatic N) is 1. The number of benzene rings is 4. The maximum Gasteiger partial charge on any atom is 0.335 e. The maximum absolute atomic E-state index is 12.1. The predicted octanol–water partition coefficient (Wildman–Crippen LogP) is 4.88. The first kappa shape index (κ1) is 20.8. The summed E-state index contributed by atoms with van der Waals surface area (Å²) in [7, 11) is 0. The molecule has 0 unspecified atom stereocenters. The van der Waals surface area contributed by atoms with E-state index in [4.69, 9.17) is 9.84 Å². The number of hydrogen-bond donors (Lipinski definition) is 2. The van der Waals surface area contributed by atoms with Gasteiger partial charge in [0.1, 0.15) is 12.4 Å². The normalized spacial score (nSPS) is 10.9. The van der Waals surface area contributed by atoms with Crippen LogP contribution in [-0.4, -0.2) is 23.2 Å². The minimum Gasteiger partial charge on any atom is -0.489 e. The summed E-state index contributed by atoms with van der Waals surface area (Å²) in [6.45, 7) is 0.464. The summed E-state index contributed by atoms with van der Waals surface area (Å²) < 4.78 is 5.93. The van der Waals surface area contributed by atoms with Crippen LogP contribution in [0.3, 0.4) is 0 Å². The smallest absolute Gasteiger partial charge is 0.335 e. The van der Waals surface area contributed by atoms with Crippen molar-refractivity contribution in [2.45, 2.75) is 6.61 Å². The number of amides is 1. The molecule has 0 saturated carbocycles. The van der Waals surface area contributed by atoms with Crippen molar-refractivity contribution in [1.29, 1.82) is 0 Å². The fourth-order valence-electron chi connectivity index (χ4n) is 3.22. The van der Waals surface area contributed by atoms with Crippen molar-refractivity contribution in [3.63, 3.8) is 0 Å². The Morgan fingerprint density at radius 3 is 2.28 bits per heavy atom. The highest BCUT2D eigenvalue weighted by molar-refractivity contribution is 5.96. The fourth-order valence-corrected chi connectivity index (χ4v) is 3.22. The summed E-state index contributed by atoms with van der Waals surface area (Å²) in [5.74, 6) is -0.731. The second-order valence-corrected chi connectivity index (χ2v) is 7.08. The van der Waals surface area contributed by atoms with Gasteiger partial charge in [-0.15, -0.1) is 0 Å². The lowest BCUT2D eigenvalue weighted by atomic mass is 10.1. The molecule has 0 radical (unpaired) electrons. The Morgan fingerprint density at radius 2 is 1.53 bits per heavy atom. The molecule has 158 valence electrons. The Balaban J connectivity index is 1.32. The van der Waals surface area contributed by atoms with Crippen LogP contribution in [0.1, 0.15) is 31.8 Å². The van der Waals surface area contributed by atoms with E-state index < -0.39 is 11.9 Å². The number of carboxylic acid groups (broad SMARTS) is 1. The van der Waals surface area contributed by atoms with Gasteiger partial charge in [-0.25, -0.2) is 10.2 Å². The lowest BCUT2D eigenvalue weighted by Crippen LogP contribution is -2.17. The average molecular weight is 424 g/mol. The number of carboxylic acids is 1. The van der Waals surface area contributed by atoms with Crippen LogP contribution in [0, 0.1) is 0 Å². The van der Waals surface area contributed by atoms with Crippen molar-refractivity contribution in [2.75, 3.05) is 0 Å². The molecule has 6 heteroatoms. The van der Waals surface area contributed by atoms with E-state index >= 15 is 0 Å². The standard InChI is InChI=1S/C26H20N2O4/c29-25(20-10-12-21(13-11-20)26(30)31)28-27-16-18-8-14-23(15-9-18)32-17-22-6-3-5-19-4-1-2-7-24(19)22/h1-16H,17H2,(H,28,29)(H,30,31). The summed E-state index contributed by atoms with van der Waals surface area (Å²) in [6, 6.07) is 27.4. The van der Waals surface area contributed by atoms with Gasteiger partial charge < -0.3 is 9.84 Å². The van der Waals surface area contributed by atoms with Gasteiger partial charge in [0.25, 0.3) is 5.91 Å². The van der Waals surface area contributed by atoms with Crippen LogP contribution in [0.2, 0.25) is 0 Å². The number of ether oxygens (including phenoxy) is 1. The van der Waals surface area contributed by atoms with Crippen molar-refractivity contribution < 1.29 is 19.4 Å². The summed E-state index contributed by atoms with van der Waals surface area (Å²) in [5.41, 5.74) is 4.78. The van der Waals surface area contributed by atoms with E-state index in [1.54, 1.807) is 0 Å². The molecule has 2 N–H and O–H groups in total. The van der Waals surface area contributed by atoms with Gasteiger partial charge in [-0.1, -0.05) is 42.5 Å². The average Bonchev–Trinajstić information content (AvgIpc) is 2.83. The third-order valence-electron chi connectivity index (χ3n) is 4.93. The van der Waals surface area contributed by atoms with Crippen LogP contribution in [-0.2, 0) is 6.61 Å². The first-order valence-corrected chi connectivity index (χ1v) is 9.96. The van der Waals surface area contributed by atoms with E-state index in [0.717, 1.165) is 16.9 Å². The quantitative estimate of drug-likeness (QED) is 0.327. The molecule has 0 aliphatic carbocycles. The van der Waals surface area contributed by atoms with Gasteiger partial charge in [0, 0.05) is 5.56 Å². The highest BCUT2D eigenvalue weighted by Gasteiger charge is 2.07. The molecule has 0 fully saturated rings. The minimum absolute atomic E-state index is 0.118. The van der Waals surface area contributed by atoms with Crippen LogP contribution >= 0.6 is 0 Å². The predicted molar refractivity (Wildman–Crippen MR) is 123 cm³/mol. The fraction of sp³-hybridized carbons (Fsp3) is 0.0385. The number of fused-ring (bicyclic) bond motifs is 1. The van der Waals surface area contributed by atoms with Crippen LogP contribution in [0.15, 0.2) is 96.1 Å². The lowest BCUT2D eigenvalue weighted by Gasteiger charge is -2.09. The number of carbonyl (C=O) groups excluding carboxylic acids is 1. The van der Waals surface area contributed by atoms with Crippen LogP contribution in [0.5, 0.6) is 5.75 Å². The molecular formula is C26H20N2O4. The van der Waals surface area contributed by atoms with Crippen molar-refractivity contribution in [3.05, 3.63) is 113 Å². The van der Waals surface area contributed by atoms with Gasteiger partial charge >= 0.3 is 5.97 Å². The van der Waals surface area contributed by atoms with Gasteiger partial charge in [-0.3, -0.25) is 4.79 Å². The molecule has 4 aromatic carbocycles. The van der Waals surface area contributed by atoms with E-state index in [9.17, 15) is 9.59 Å². The molecule has 4 aromatic rings. The van der Waals surface area contributed by atoms with Crippen LogP contribution in [0.4, 0.5) is 0 Å². The summed E-state index contributed by atoms with van der Waals surface area (Å²) in [5, 5.41) is 15.2. The Morgan fingerprint density at radius 1 is 0.844 bits per heavy atom. The highest BCUT2D eigenvalue weighted by atomic mass is 16.5. The number of aromatic carboxylic acids is 1. The number of rotatable bonds is 7. The third kappa shape index (κ3) is 4.99. The summed E-state index contributed by atoms with van der Waals surface area (Å²) >= 11 is 0. The number of hydrogen-bond acceptors (Lipinski definition) is 4. The Labute approximate surface area is 184 Å². The van der Waals surface area contributed by atoms with Crippen LogP contribution < -0.4 is 10.2 Å². The van der Waals surface area contributed by atoms with Crippen molar-refractivity contribution in [2.24, 2.45) is 5.10 Å². The second kappa shape index (κ2) is 9.57. The van der Waals surface area contributed by atoms with E-state index in [1.807, 2.05) is 42.5 Å². The first-order chi connectivity index (χ1) is 15.6. The molecule has 0 aliphatic heterocycles. The largest absolute Gasteiger partial charge is 0.489 e. The molecule has 0 atom stereocenters. The second-order valence-electron chi connectivity index (χ2n) is 7.08. The summed E-state index contributed by atoms with van der Waals surface area (Å²) in [4.78, 5) is 23.0. The topological polar surface area (TPSA) is 88.0 Å². The molecule has 0 saturated heterocycles. The first-order valence-electron chi connectivity index (χ1n) is 9.96. The maximum atomic E-state index is 12.1.